The van der Waals surface area contributed by atoms with Crippen LogP contribution in [-0.4, -0.2) is 27.4 Å². The molecule has 2 N–H and O–H groups in total. The van der Waals surface area contributed by atoms with Crippen LogP contribution in [0.2, 0.25) is 0 Å². The summed E-state index contributed by atoms with van der Waals surface area (Å²) >= 11 is 0. The van der Waals surface area contributed by atoms with Crippen LogP contribution in [0.1, 0.15) is 35.1 Å². The van der Waals surface area contributed by atoms with Crippen LogP contribution in [-0.2, 0) is 6.54 Å². The lowest BCUT2D eigenvalue weighted by atomic mass is 10.2. The third kappa shape index (κ3) is 4.52. The second-order valence-electron chi connectivity index (χ2n) is 4.69. The molecule has 21 heavy (non-hydrogen) atoms. The average Bonchev–Trinajstić information content (AvgIpc) is 2.51. The van der Waals surface area contributed by atoms with E-state index in [-0.39, 0.29) is 5.91 Å². The summed E-state index contributed by atoms with van der Waals surface area (Å²) < 4.78 is 0. The molecule has 0 saturated carbocycles. The molecule has 0 saturated heterocycles. The molecule has 0 aliphatic rings. The van der Waals surface area contributed by atoms with Gasteiger partial charge in [-0.3, -0.25) is 4.79 Å². The minimum absolute atomic E-state index is 0.140. The van der Waals surface area contributed by atoms with Gasteiger partial charge in [0.1, 0.15) is 12.1 Å². The highest BCUT2D eigenvalue weighted by Crippen LogP contribution is 2.10. The molecule has 2 aromatic heterocycles. The molecule has 0 unspecified atom stereocenters. The monoisotopic (exact) mass is 285 g/mol. The Bertz CT molecular complexity index is 600. The van der Waals surface area contributed by atoms with Crippen molar-refractivity contribution in [2.75, 3.05) is 11.9 Å². The van der Waals surface area contributed by atoms with Crippen LogP contribution in [0.5, 0.6) is 0 Å². The van der Waals surface area contributed by atoms with Crippen LogP contribution in [0.15, 0.2) is 30.7 Å². The summed E-state index contributed by atoms with van der Waals surface area (Å²) in [5.74, 6) is 0.586. The van der Waals surface area contributed by atoms with Gasteiger partial charge in [-0.15, -0.1) is 0 Å². The van der Waals surface area contributed by atoms with E-state index in [1.807, 2.05) is 6.92 Å². The smallest absolute Gasteiger partial charge is 0.251 e. The fourth-order valence-electron chi connectivity index (χ4n) is 1.84. The number of amides is 1. The molecule has 1 amide bonds. The summed E-state index contributed by atoms with van der Waals surface area (Å²) in [7, 11) is 0. The lowest BCUT2D eigenvalue weighted by molar-refractivity contribution is 0.0950. The average molecular weight is 285 g/mol. The van der Waals surface area contributed by atoms with Gasteiger partial charge >= 0.3 is 0 Å². The SMILES string of the molecule is CCCNc1cc(C(=O)NCc2ccncn2)cc(C)n1. The lowest BCUT2D eigenvalue weighted by Crippen LogP contribution is -2.23. The first-order valence-electron chi connectivity index (χ1n) is 6.94. The van der Waals surface area contributed by atoms with Gasteiger partial charge in [-0.25, -0.2) is 15.0 Å². The Balaban J connectivity index is 2.03. The van der Waals surface area contributed by atoms with Gasteiger partial charge in [0.2, 0.25) is 0 Å². The van der Waals surface area contributed by atoms with E-state index in [1.54, 1.807) is 24.4 Å². The van der Waals surface area contributed by atoms with Crippen LogP contribution in [0.25, 0.3) is 0 Å². The Kier molecular flexibility index (Phi) is 5.20. The molecule has 0 fully saturated rings. The van der Waals surface area contributed by atoms with Crippen molar-refractivity contribution in [2.45, 2.75) is 26.8 Å². The van der Waals surface area contributed by atoms with Gasteiger partial charge in [0.15, 0.2) is 0 Å². The molecular weight excluding hydrogens is 266 g/mol. The van der Waals surface area contributed by atoms with Gasteiger partial charge in [-0.2, -0.15) is 0 Å². The number of carbonyl (C=O) groups is 1. The maximum absolute atomic E-state index is 12.2. The van der Waals surface area contributed by atoms with Crippen LogP contribution in [0, 0.1) is 6.92 Å². The van der Waals surface area contributed by atoms with Crippen LogP contribution >= 0.6 is 0 Å². The molecule has 2 rings (SSSR count). The molecule has 0 aromatic carbocycles. The normalized spacial score (nSPS) is 10.2. The van der Waals surface area contributed by atoms with E-state index in [2.05, 4.69) is 32.5 Å². The molecule has 0 aliphatic carbocycles. The molecule has 0 bridgehead atoms. The number of aromatic nitrogens is 3. The number of hydrogen-bond acceptors (Lipinski definition) is 5. The molecule has 0 spiro atoms. The number of pyridine rings is 1. The Morgan fingerprint density at radius 3 is 2.90 bits per heavy atom. The number of nitrogens with zero attached hydrogens (tertiary/aromatic N) is 3. The molecule has 2 aromatic rings. The zero-order chi connectivity index (χ0) is 15.1. The van der Waals surface area contributed by atoms with Crippen molar-refractivity contribution in [3.8, 4) is 0 Å². The number of rotatable bonds is 6. The van der Waals surface area contributed by atoms with Crippen molar-refractivity contribution < 1.29 is 4.79 Å². The van der Waals surface area contributed by atoms with Crippen LogP contribution in [0.4, 0.5) is 5.82 Å². The molecule has 6 heteroatoms. The van der Waals surface area contributed by atoms with Crippen molar-refractivity contribution in [1.82, 2.24) is 20.3 Å². The Morgan fingerprint density at radius 2 is 2.19 bits per heavy atom. The van der Waals surface area contributed by atoms with Gasteiger partial charge in [0.25, 0.3) is 5.91 Å². The highest BCUT2D eigenvalue weighted by molar-refractivity contribution is 5.94. The quantitative estimate of drug-likeness (QED) is 0.847. The van der Waals surface area contributed by atoms with Crippen molar-refractivity contribution in [3.63, 3.8) is 0 Å². The Labute approximate surface area is 124 Å². The second-order valence-corrected chi connectivity index (χ2v) is 4.69. The summed E-state index contributed by atoms with van der Waals surface area (Å²) in [6.45, 7) is 5.16. The standard InChI is InChI=1S/C15H19N5O/c1-3-5-17-14-8-12(7-11(2)20-14)15(21)18-9-13-4-6-16-10-19-13/h4,6-8,10H,3,5,9H2,1-2H3,(H,17,20)(H,18,21). The van der Waals surface area contributed by atoms with E-state index in [0.717, 1.165) is 30.2 Å². The van der Waals surface area contributed by atoms with Gasteiger partial charge in [-0.1, -0.05) is 6.92 Å². The number of hydrogen-bond donors (Lipinski definition) is 2. The number of anilines is 1. The fraction of sp³-hybridized carbons (Fsp3) is 0.333. The minimum atomic E-state index is -0.140. The topological polar surface area (TPSA) is 79.8 Å². The van der Waals surface area contributed by atoms with E-state index in [1.165, 1.54) is 6.33 Å². The van der Waals surface area contributed by atoms with Crippen molar-refractivity contribution in [3.05, 3.63) is 47.7 Å². The maximum Gasteiger partial charge on any atom is 0.251 e. The highest BCUT2D eigenvalue weighted by Gasteiger charge is 2.08. The molecule has 0 atom stereocenters. The first-order valence-corrected chi connectivity index (χ1v) is 6.94. The van der Waals surface area contributed by atoms with Crippen LogP contribution in [0.3, 0.4) is 0 Å². The van der Waals surface area contributed by atoms with Crippen molar-refractivity contribution in [2.24, 2.45) is 0 Å². The van der Waals surface area contributed by atoms with Gasteiger partial charge in [0.05, 0.1) is 12.2 Å². The Morgan fingerprint density at radius 1 is 1.33 bits per heavy atom. The summed E-state index contributed by atoms with van der Waals surface area (Å²) in [6, 6.07) is 5.30. The summed E-state index contributed by atoms with van der Waals surface area (Å²) in [6.07, 6.45) is 4.12. The summed E-state index contributed by atoms with van der Waals surface area (Å²) in [5, 5.41) is 6.03. The third-order valence-electron chi connectivity index (χ3n) is 2.84. The van der Waals surface area contributed by atoms with E-state index in [4.69, 9.17) is 0 Å². The van der Waals surface area contributed by atoms with E-state index < -0.39 is 0 Å². The molecule has 110 valence electrons. The van der Waals surface area contributed by atoms with E-state index in [0.29, 0.717) is 12.1 Å². The second kappa shape index (κ2) is 7.33. The lowest BCUT2D eigenvalue weighted by Gasteiger charge is -2.09. The van der Waals surface area contributed by atoms with E-state index >= 15 is 0 Å². The first-order chi connectivity index (χ1) is 10.2. The van der Waals surface area contributed by atoms with Gasteiger partial charge < -0.3 is 10.6 Å². The van der Waals surface area contributed by atoms with Crippen molar-refractivity contribution in [1.29, 1.82) is 0 Å². The molecule has 6 nitrogen and oxygen atoms in total. The van der Waals surface area contributed by atoms with Gasteiger partial charge in [-0.05, 0) is 31.5 Å². The molecular formula is C15H19N5O. The zero-order valence-electron chi connectivity index (χ0n) is 12.3. The predicted octanol–water partition coefficient (Wildman–Crippen LogP) is 1.93. The molecule has 0 radical (unpaired) electrons. The highest BCUT2D eigenvalue weighted by atomic mass is 16.1. The van der Waals surface area contributed by atoms with Crippen molar-refractivity contribution >= 4 is 11.7 Å². The largest absolute Gasteiger partial charge is 0.370 e. The molecule has 0 aliphatic heterocycles. The summed E-state index contributed by atoms with van der Waals surface area (Å²) in [5.41, 5.74) is 2.17. The molecule has 2 heterocycles. The Hall–Kier alpha value is -2.50. The predicted molar refractivity (Wildman–Crippen MR) is 81.0 cm³/mol. The fourth-order valence-corrected chi connectivity index (χ4v) is 1.84. The van der Waals surface area contributed by atoms with Crippen LogP contribution < -0.4 is 10.6 Å². The number of aryl methyl sites for hydroxylation is 1. The number of carbonyl (C=O) groups excluding carboxylic acids is 1. The maximum atomic E-state index is 12.2. The number of nitrogens with one attached hydrogen (secondary N) is 2. The van der Waals surface area contributed by atoms with Gasteiger partial charge in [0, 0.05) is 24.0 Å². The minimum Gasteiger partial charge on any atom is -0.370 e. The first kappa shape index (κ1) is 14.9. The summed E-state index contributed by atoms with van der Waals surface area (Å²) in [4.78, 5) is 24.5. The third-order valence-corrected chi connectivity index (χ3v) is 2.84. The van der Waals surface area contributed by atoms with E-state index in [9.17, 15) is 4.79 Å². The zero-order valence-corrected chi connectivity index (χ0v) is 12.3.